The Balaban J connectivity index is 1.47. The van der Waals surface area contributed by atoms with Crippen molar-refractivity contribution in [1.82, 2.24) is 0 Å². The van der Waals surface area contributed by atoms with Crippen LogP contribution >= 0.6 is 0 Å². The van der Waals surface area contributed by atoms with E-state index >= 15 is 0 Å². The summed E-state index contributed by atoms with van der Waals surface area (Å²) < 4.78 is 0. The number of hydrogen-bond acceptors (Lipinski definition) is 0. The first-order valence-electron chi connectivity index (χ1n) is 14.5. The first-order valence-corrected chi connectivity index (χ1v) is 14.5. The molecule has 0 aliphatic heterocycles. The third-order valence-electron chi connectivity index (χ3n) is 8.47. The highest BCUT2D eigenvalue weighted by Crippen LogP contribution is 2.46. The quantitative estimate of drug-likeness (QED) is 0.198. The van der Waals surface area contributed by atoms with E-state index in [1.165, 1.54) is 76.8 Å². The van der Waals surface area contributed by atoms with E-state index in [2.05, 4.69) is 170 Å². The molecule has 8 rings (SSSR count). The summed E-state index contributed by atoms with van der Waals surface area (Å²) in [4.78, 5) is 0. The number of rotatable bonds is 4. The van der Waals surface area contributed by atoms with Crippen LogP contribution in [0.3, 0.4) is 0 Å². The van der Waals surface area contributed by atoms with E-state index in [1.54, 1.807) is 0 Å². The first kappa shape index (κ1) is 24.3. The molecule has 0 fully saturated rings. The van der Waals surface area contributed by atoms with Crippen LogP contribution in [0.5, 0.6) is 0 Å². The zero-order valence-electron chi connectivity index (χ0n) is 23.2. The van der Waals surface area contributed by atoms with Gasteiger partial charge in [0.1, 0.15) is 0 Å². The smallest absolute Gasteiger partial charge is 0.00199 e. The van der Waals surface area contributed by atoms with Gasteiger partial charge in [0, 0.05) is 0 Å². The maximum absolute atomic E-state index is 2.40. The van der Waals surface area contributed by atoms with Gasteiger partial charge in [-0.15, -0.1) is 0 Å². The molecule has 0 aliphatic rings. The molecule has 0 aliphatic carbocycles. The molecular formula is C42H28. The summed E-state index contributed by atoms with van der Waals surface area (Å²) in [5.74, 6) is 0. The van der Waals surface area contributed by atoms with E-state index in [0.29, 0.717) is 0 Å². The summed E-state index contributed by atoms with van der Waals surface area (Å²) >= 11 is 0. The van der Waals surface area contributed by atoms with Gasteiger partial charge in [-0.2, -0.15) is 0 Å². The third-order valence-corrected chi connectivity index (χ3v) is 8.47. The lowest BCUT2D eigenvalue weighted by Crippen LogP contribution is -1.92. The second-order valence-electron chi connectivity index (χ2n) is 10.9. The van der Waals surface area contributed by atoms with Crippen LogP contribution in [0.4, 0.5) is 0 Å². The molecule has 0 N–H and O–H groups in total. The molecule has 0 atom stereocenters. The molecule has 0 nitrogen and oxygen atoms in total. The van der Waals surface area contributed by atoms with Crippen LogP contribution in [0.15, 0.2) is 170 Å². The molecule has 0 saturated heterocycles. The fourth-order valence-electron chi connectivity index (χ4n) is 6.49. The summed E-state index contributed by atoms with van der Waals surface area (Å²) in [6.07, 6.45) is 0. The highest BCUT2D eigenvalue weighted by molar-refractivity contribution is 6.24. The highest BCUT2D eigenvalue weighted by atomic mass is 14.2. The maximum Gasteiger partial charge on any atom is -0.00199 e. The molecule has 0 unspecified atom stereocenters. The van der Waals surface area contributed by atoms with Crippen molar-refractivity contribution >= 4 is 32.3 Å². The largest absolute Gasteiger partial charge is 0.0622 e. The summed E-state index contributed by atoms with van der Waals surface area (Å²) in [5.41, 5.74) is 9.99. The molecule has 42 heavy (non-hydrogen) atoms. The molecule has 8 aromatic carbocycles. The zero-order valence-corrected chi connectivity index (χ0v) is 23.2. The molecule has 0 radical (unpaired) electrons. The van der Waals surface area contributed by atoms with Crippen molar-refractivity contribution in [2.75, 3.05) is 0 Å². The molecule has 0 saturated carbocycles. The van der Waals surface area contributed by atoms with Crippen molar-refractivity contribution in [2.24, 2.45) is 0 Å². The maximum atomic E-state index is 2.40. The summed E-state index contributed by atoms with van der Waals surface area (Å²) in [6.45, 7) is 0. The first-order chi connectivity index (χ1) is 20.8. The predicted molar refractivity (Wildman–Crippen MR) is 181 cm³/mol. The van der Waals surface area contributed by atoms with Crippen LogP contribution in [-0.4, -0.2) is 0 Å². The van der Waals surface area contributed by atoms with Crippen LogP contribution < -0.4 is 0 Å². The molecular weight excluding hydrogens is 504 g/mol. The van der Waals surface area contributed by atoms with Crippen molar-refractivity contribution < 1.29 is 0 Å². The molecule has 196 valence electrons. The fraction of sp³-hybridized carbons (Fsp3) is 0. The van der Waals surface area contributed by atoms with Gasteiger partial charge < -0.3 is 0 Å². The standard InChI is InChI=1S/C42H28/c1-3-12-29(13-4-1)31-22-24-33(25-23-31)41-37-19-9-10-20-38(37)42(36-21-11-17-32-16-7-8-18-35(32)36)40-28-34(26-27-39(40)41)30-14-5-2-6-15-30/h1-28H. The van der Waals surface area contributed by atoms with Gasteiger partial charge in [0.2, 0.25) is 0 Å². The van der Waals surface area contributed by atoms with Gasteiger partial charge in [-0.1, -0.05) is 164 Å². The van der Waals surface area contributed by atoms with Crippen LogP contribution in [0.1, 0.15) is 0 Å². The molecule has 0 aromatic heterocycles. The Morgan fingerprint density at radius 1 is 0.238 bits per heavy atom. The van der Waals surface area contributed by atoms with Gasteiger partial charge in [0.15, 0.2) is 0 Å². The monoisotopic (exact) mass is 532 g/mol. The van der Waals surface area contributed by atoms with Gasteiger partial charge in [0.05, 0.1) is 0 Å². The van der Waals surface area contributed by atoms with Crippen LogP contribution in [-0.2, 0) is 0 Å². The Morgan fingerprint density at radius 3 is 1.43 bits per heavy atom. The van der Waals surface area contributed by atoms with Gasteiger partial charge in [-0.05, 0) is 82.9 Å². The van der Waals surface area contributed by atoms with Gasteiger partial charge in [-0.3, -0.25) is 0 Å². The second kappa shape index (κ2) is 10.2. The Morgan fingerprint density at radius 2 is 0.714 bits per heavy atom. The van der Waals surface area contributed by atoms with E-state index in [1.807, 2.05) is 0 Å². The van der Waals surface area contributed by atoms with Crippen molar-refractivity contribution in [3.8, 4) is 44.5 Å². The van der Waals surface area contributed by atoms with E-state index in [9.17, 15) is 0 Å². The zero-order chi connectivity index (χ0) is 27.9. The second-order valence-corrected chi connectivity index (χ2v) is 10.9. The van der Waals surface area contributed by atoms with Crippen molar-refractivity contribution in [2.45, 2.75) is 0 Å². The molecule has 0 heterocycles. The fourth-order valence-corrected chi connectivity index (χ4v) is 6.49. The number of benzene rings is 8. The number of fused-ring (bicyclic) bond motifs is 3. The Hall–Kier alpha value is -5.46. The third kappa shape index (κ3) is 4.08. The molecule has 0 spiro atoms. The Labute approximate surface area is 246 Å². The lowest BCUT2D eigenvalue weighted by atomic mass is 9.83. The minimum absolute atomic E-state index is 1.23. The van der Waals surface area contributed by atoms with E-state index in [4.69, 9.17) is 0 Å². The lowest BCUT2D eigenvalue weighted by molar-refractivity contribution is 1.61. The number of hydrogen-bond donors (Lipinski definition) is 0. The SMILES string of the molecule is c1ccc(-c2ccc(-c3c4ccccc4c(-c4cccc5ccccc45)c4cc(-c5ccccc5)ccc34)cc2)cc1. The van der Waals surface area contributed by atoms with Gasteiger partial charge in [-0.25, -0.2) is 0 Å². The highest BCUT2D eigenvalue weighted by Gasteiger charge is 2.18. The van der Waals surface area contributed by atoms with Crippen LogP contribution in [0.25, 0.3) is 76.8 Å². The molecule has 0 amide bonds. The van der Waals surface area contributed by atoms with Crippen molar-refractivity contribution in [3.05, 3.63) is 170 Å². The van der Waals surface area contributed by atoms with E-state index < -0.39 is 0 Å². The van der Waals surface area contributed by atoms with E-state index in [0.717, 1.165) is 0 Å². The topological polar surface area (TPSA) is 0 Å². The normalized spacial score (nSPS) is 11.3. The average Bonchev–Trinajstić information content (AvgIpc) is 3.08. The molecule has 8 aromatic rings. The predicted octanol–water partition coefficient (Wildman–Crippen LogP) is 11.8. The van der Waals surface area contributed by atoms with Crippen LogP contribution in [0.2, 0.25) is 0 Å². The molecule has 0 bridgehead atoms. The Bertz CT molecular complexity index is 2200. The average molecular weight is 533 g/mol. The summed E-state index contributed by atoms with van der Waals surface area (Å²) in [6, 6.07) is 61.7. The van der Waals surface area contributed by atoms with Crippen LogP contribution in [0, 0.1) is 0 Å². The molecule has 0 heteroatoms. The minimum atomic E-state index is 1.23. The minimum Gasteiger partial charge on any atom is -0.0622 e. The lowest BCUT2D eigenvalue weighted by Gasteiger charge is -2.20. The Kier molecular flexibility index (Phi) is 5.90. The van der Waals surface area contributed by atoms with Crippen molar-refractivity contribution in [3.63, 3.8) is 0 Å². The van der Waals surface area contributed by atoms with E-state index in [-0.39, 0.29) is 0 Å². The van der Waals surface area contributed by atoms with Gasteiger partial charge >= 0.3 is 0 Å². The summed E-state index contributed by atoms with van der Waals surface area (Å²) in [5, 5.41) is 7.61. The van der Waals surface area contributed by atoms with Crippen molar-refractivity contribution in [1.29, 1.82) is 0 Å². The van der Waals surface area contributed by atoms with Gasteiger partial charge in [0.25, 0.3) is 0 Å². The summed E-state index contributed by atoms with van der Waals surface area (Å²) in [7, 11) is 0.